The molecule has 0 spiro atoms. The number of pyridine rings is 1. The summed E-state index contributed by atoms with van der Waals surface area (Å²) in [5, 5.41) is 3.42. The second kappa shape index (κ2) is 3.20. The maximum atomic E-state index is 4.38. The average Bonchev–Trinajstić information content (AvgIpc) is 2.90. The van der Waals surface area contributed by atoms with Crippen LogP contribution in [0.1, 0.15) is 19.8 Å². The Morgan fingerprint density at radius 1 is 1.44 bits per heavy atom. The Labute approximate surface area is 94.7 Å². The van der Waals surface area contributed by atoms with Crippen molar-refractivity contribution in [3.63, 3.8) is 0 Å². The molecule has 0 saturated heterocycles. The van der Waals surface area contributed by atoms with Crippen molar-refractivity contribution in [1.82, 2.24) is 14.5 Å². The number of aryl methyl sites for hydroxylation is 1. The molecule has 1 aliphatic carbocycles. The van der Waals surface area contributed by atoms with Crippen LogP contribution in [0, 0.1) is 5.41 Å². The van der Waals surface area contributed by atoms with Crippen LogP contribution >= 0.6 is 0 Å². The predicted molar refractivity (Wildman–Crippen MR) is 64.3 cm³/mol. The Morgan fingerprint density at radius 2 is 2.25 bits per heavy atom. The number of rotatable bonds is 3. The van der Waals surface area contributed by atoms with Gasteiger partial charge in [-0.25, -0.2) is 9.97 Å². The van der Waals surface area contributed by atoms with E-state index in [1.807, 2.05) is 30.2 Å². The molecule has 1 saturated carbocycles. The molecule has 4 nitrogen and oxygen atoms in total. The maximum Gasteiger partial charge on any atom is 0.154 e. The number of hydrogen-bond donors (Lipinski definition) is 1. The minimum absolute atomic E-state index is 0.485. The Bertz CT molecular complexity index is 525. The molecule has 16 heavy (non-hydrogen) atoms. The number of aromatic nitrogens is 3. The van der Waals surface area contributed by atoms with Gasteiger partial charge in [0.25, 0.3) is 0 Å². The van der Waals surface area contributed by atoms with Crippen molar-refractivity contribution in [2.45, 2.75) is 19.8 Å². The van der Waals surface area contributed by atoms with Gasteiger partial charge in [-0.1, -0.05) is 6.92 Å². The molecule has 2 heterocycles. The van der Waals surface area contributed by atoms with Crippen LogP contribution in [0.25, 0.3) is 11.0 Å². The van der Waals surface area contributed by atoms with Crippen molar-refractivity contribution in [3.05, 3.63) is 18.6 Å². The lowest BCUT2D eigenvalue weighted by Gasteiger charge is -2.10. The number of nitrogens with one attached hydrogen (secondary N) is 1. The molecular weight excluding hydrogens is 200 g/mol. The summed E-state index contributed by atoms with van der Waals surface area (Å²) >= 11 is 0. The lowest BCUT2D eigenvalue weighted by Crippen LogP contribution is -2.12. The first-order chi connectivity index (χ1) is 7.68. The number of fused-ring (bicyclic) bond motifs is 1. The van der Waals surface area contributed by atoms with Gasteiger partial charge in [-0.05, 0) is 24.3 Å². The normalized spacial score (nSPS) is 17.6. The van der Waals surface area contributed by atoms with Gasteiger partial charge in [0.2, 0.25) is 0 Å². The number of anilines is 1. The molecule has 84 valence electrons. The summed E-state index contributed by atoms with van der Waals surface area (Å²) in [4.78, 5) is 8.74. The summed E-state index contributed by atoms with van der Waals surface area (Å²) < 4.78 is 2.01. The summed E-state index contributed by atoms with van der Waals surface area (Å²) in [6, 6.07) is 1.99. The lowest BCUT2D eigenvalue weighted by molar-refractivity contribution is 0.610. The maximum absolute atomic E-state index is 4.38. The highest BCUT2D eigenvalue weighted by molar-refractivity contribution is 5.85. The molecule has 0 atom stereocenters. The average molecular weight is 216 g/mol. The highest BCUT2D eigenvalue weighted by Crippen LogP contribution is 2.44. The molecule has 0 unspecified atom stereocenters. The van der Waals surface area contributed by atoms with E-state index in [0.29, 0.717) is 5.41 Å². The SMILES string of the molecule is Cn1cnc2c(NCC3(C)CC3)nccc21. The van der Waals surface area contributed by atoms with Gasteiger partial charge in [-0.3, -0.25) is 0 Å². The van der Waals surface area contributed by atoms with Crippen LogP contribution in [-0.4, -0.2) is 21.1 Å². The first-order valence-electron chi connectivity index (χ1n) is 5.68. The first-order valence-corrected chi connectivity index (χ1v) is 5.68. The molecule has 0 amide bonds. The molecule has 0 aliphatic heterocycles. The van der Waals surface area contributed by atoms with Crippen LogP contribution in [0.5, 0.6) is 0 Å². The van der Waals surface area contributed by atoms with Gasteiger partial charge in [-0.15, -0.1) is 0 Å². The van der Waals surface area contributed by atoms with E-state index in [1.54, 1.807) is 0 Å². The molecule has 0 bridgehead atoms. The summed E-state index contributed by atoms with van der Waals surface area (Å²) in [5.41, 5.74) is 2.58. The van der Waals surface area contributed by atoms with Crippen LogP contribution in [0.3, 0.4) is 0 Å². The van der Waals surface area contributed by atoms with Crippen molar-refractivity contribution < 1.29 is 0 Å². The fourth-order valence-electron chi connectivity index (χ4n) is 1.88. The van der Waals surface area contributed by atoms with Crippen LogP contribution in [0.2, 0.25) is 0 Å². The zero-order valence-corrected chi connectivity index (χ0v) is 9.70. The van der Waals surface area contributed by atoms with E-state index in [2.05, 4.69) is 22.2 Å². The third kappa shape index (κ3) is 1.54. The van der Waals surface area contributed by atoms with Gasteiger partial charge in [-0.2, -0.15) is 0 Å². The predicted octanol–water partition coefficient (Wildman–Crippen LogP) is 2.18. The zero-order valence-electron chi connectivity index (χ0n) is 9.70. The summed E-state index contributed by atoms with van der Waals surface area (Å²) in [6.45, 7) is 3.30. The van der Waals surface area contributed by atoms with Crippen molar-refractivity contribution in [2.75, 3.05) is 11.9 Å². The van der Waals surface area contributed by atoms with E-state index < -0.39 is 0 Å². The van der Waals surface area contributed by atoms with Gasteiger partial charge < -0.3 is 9.88 Å². The minimum Gasteiger partial charge on any atom is -0.368 e. The fraction of sp³-hybridized carbons (Fsp3) is 0.500. The van der Waals surface area contributed by atoms with E-state index in [0.717, 1.165) is 23.4 Å². The molecule has 1 aliphatic rings. The first kappa shape index (κ1) is 9.63. The molecular formula is C12H16N4. The molecule has 3 rings (SSSR count). The topological polar surface area (TPSA) is 42.7 Å². The van der Waals surface area contributed by atoms with Crippen molar-refractivity contribution in [3.8, 4) is 0 Å². The van der Waals surface area contributed by atoms with Gasteiger partial charge in [0.15, 0.2) is 5.82 Å². The molecule has 1 fully saturated rings. The smallest absolute Gasteiger partial charge is 0.154 e. The highest BCUT2D eigenvalue weighted by atomic mass is 15.1. The number of hydrogen-bond acceptors (Lipinski definition) is 3. The molecule has 4 heteroatoms. The van der Waals surface area contributed by atoms with E-state index >= 15 is 0 Å². The minimum atomic E-state index is 0.485. The number of imidazole rings is 1. The van der Waals surface area contributed by atoms with Crippen LogP contribution in [-0.2, 0) is 7.05 Å². The zero-order chi connectivity index (χ0) is 11.2. The standard InChI is InChI=1S/C12H16N4/c1-12(4-5-12)7-14-11-10-9(3-6-13-11)16(2)8-15-10/h3,6,8H,4-5,7H2,1-2H3,(H,13,14). The quantitative estimate of drug-likeness (QED) is 0.855. The van der Waals surface area contributed by atoms with E-state index in [9.17, 15) is 0 Å². The Kier molecular flexibility index (Phi) is 1.93. The summed E-state index contributed by atoms with van der Waals surface area (Å²) in [7, 11) is 2.00. The Balaban J connectivity index is 1.90. The van der Waals surface area contributed by atoms with E-state index in [-0.39, 0.29) is 0 Å². The summed E-state index contributed by atoms with van der Waals surface area (Å²) in [5.74, 6) is 0.909. The third-order valence-electron chi connectivity index (χ3n) is 3.43. The van der Waals surface area contributed by atoms with Crippen LogP contribution < -0.4 is 5.32 Å². The number of nitrogens with zero attached hydrogens (tertiary/aromatic N) is 3. The molecule has 0 aromatic carbocycles. The highest BCUT2D eigenvalue weighted by Gasteiger charge is 2.36. The molecule has 2 aromatic heterocycles. The molecule has 2 aromatic rings. The Hall–Kier alpha value is -1.58. The van der Waals surface area contributed by atoms with Crippen molar-refractivity contribution in [2.24, 2.45) is 12.5 Å². The monoisotopic (exact) mass is 216 g/mol. The van der Waals surface area contributed by atoms with Gasteiger partial charge in [0, 0.05) is 19.8 Å². The largest absolute Gasteiger partial charge is 0.368 e. The fourth-order valence-corrected chi connectivity index (χ4v) is 1.88. The molecule has 0 radical (unpaired) electrons. The van der Waals surface area contributed by atoms with Crippen LogP contribution in [0.4, 0.5) is 5.82 Å². The van der Waals surface area contributed by atoms with Crippen molar-refractivity contribution in [1.29, 1.82) is 0 Å². The van der Waals surface area contributed by atoms with Gasteiger partial charge >= 0.3 is 0 Å². The molecule has 1 N–H and O–H groups in total. The second-order valence-corrected chi connectivity index (χ2v) is 5.05. The van der Waals surface area contributed by atoms with Gasteiger partial charge in [0.1, 0.15) is 5.52 Å². The summed E-state index contributed by atoms with van der Waals surface area (Å²) in [6.07, 6.45) is 6.30. The second-order valence-electron chi connectivity index (χ2n) is 5.05. The van der Waals surface area contributed by atoms with Crippen molar-refractivity contribution >= 4 is 16.9 Å². The third-order valence-corrected chi connectivity index (χ3v) is 3.43. The van der Waals surface area contributed by atoms with Gasteiger partial charge in [0.05, 0.1) is 11.8 Å². The van der Waals surface area contributed by atoms with E-state index in [1.165, 1.54) is 12.8 Å². The Morgan fingerprint density at radius 3 is 3.00 bits per heavy atom. The van der Waals surface area contributed by atoms with E-state index in [4.69, 9.17) is 0 Å². The lowest BCUT2D eigenvalue weighted by atomic mass is 10.1. The van der Waals surface area contributed by atoms with Crippen LogP contribution in [0.15, 0.2) is 18.6 Å².